The number of carboxylic acid groups (broad SMARTS) is 1. The number of nitrogens with one attached hydrogen (secondary N) is 1. The molecule has 7 heteroatoms. The van der Waals surface area contributed by atoms with Gasteiger partial charge in [-0.2, -0.15) is 0 Å². The number of fused-ring (bicyclic) bond motifs is 1. The van der Waals surface area contributed by atoms with Gasteiger partial charge >= 0.3 is 5.97 Å². The van der Waals surface area contributed by atoms with Crippen molar-refractivity contribution in [3.8, 4) is 0 Å². The average molecular weight is 358 g/mol. The summed E-state index contributed by atoms with van der Waals surface area (Å²) in [6, 6.07) is 5.21. The first-order valence-electron chi connectivity index (χ1n) is 9.35. The number of benzene rings is 1. The van der Waals surface area contributed by atoms with Crippen LogP contribution in [0.1, 0.15) is 61.7 Å². The van der Waals surface area contributed by atoms with Crippen molar-refractivity contribution in [3.05, 3.63) is 23.8 Å². The van der Waals surface area contributed by atoms with Gasteiger partial charge in [-0.3, -0.25) is 9.59 Å². The van der Waals surface area contributed by atoms with Crippen LogP contribution in [0, 0.1) is 5.92 Å². The van der Waals surface area contributed by atoms with Crippen LogP contribution in [0.3, 0.4) is 0 Å². The van der Waals surface area contributed by atoms with Gasteiger partial charge in [0.05, 0.1) is 5.52 Å². The van der Waals surface area contributed by atoms with E-state index in [0.717, 1.165) is 11.9 Å². The molecular formula is C19H26N4O3. The number of aryl methyl sites for hydroxylation is 1. The predicted octanol–water partition coefficient (Wildman–Crippen LogP) is 2.90. The molecule has 1 fully saturated rings. The third kappa shape index (κ3) is 4.59. The van der Waals surface area contributed by atoms with E-state index in [-0.39, 0.29) is 18.4 Å². The zero-order valence-electron chi connectivity index (χ0n) is 15.1. The molecule has 1 amide bonds. The lowest BCUT2D eigenvalue weighted by molar-refractivity contribution is -0.137. The molecule has 7 nitrogen and oxygen atoms in total. The van der Waals surface area contributed by atoms with Crippen LogP contribution in [0.4, 0.5) is 0 Å². The monoisotopic (exact) mass is 358 g/mol. The minimum absolute atomic E-state index is 0.0703. The fourth-order valence-corrected chi connectivity index (χ4v) is 3.82. The first-order valence-corrected chi connectivity index (χ1v) is 9.35. The normalized spacial score (nSPS) is 16.5. The summed E-state index contributed by atoms with van der Waals surface area (Å²) >= 11 is 0. The van der Waals surface area contributed by atoms with Crippen molar-refractivity contribution < 1.29 is 14.7 Å². The van der Waals surface area contributed by atoms with E-state index in [0.29, 0.717) is 23.4 Å². The Bertz CT molecular complexity index is 780. The van der Waals surface area contributed by atoms with E-state index >= 15 is 0 Å². The number of hydrogen-bond acceptors (Lipinski definition) is 4. The number of amides is 1. The molecule has 0 saturated heterocycles. The predicted molar refractivity (Wildman–Crippen MR) is 97.8 cm³/mol. The van der Waals surface area contributed by atoms with Gasteiger partial charge in [-0.25, -0.2) is 4.68 Å². The van der Waals surface area contributed by atoms with Crippen LogP contribution in [0.5, 0.6) is 0 Å². The summed E-state index contributed by atoms with van der Waals surface area (Å²) in [5.74, 6) is -0.428. The summed E-state index contributed by atoms with van der Waals surface area (Å²) in [7, 11) is 1.81. The van der Waals surface area contributed by atoms with Crippen LogP contribution in [-0.2, 0) is 11.8 Å². The summed E-state index contributed by atoms with van der Waals surface area (Å²) in [6.07, 6.45) is 7.47. The summed E-state index contributed by atoms with van der Waals surface area (Å²) in [6.45, 7) is 0. The number of aliphatic carboxylic acids is 1. The molecule has 2 N–H and O–H groups in total. The maximum absolute atomic E-state index is 12.7. The van der Waals surface area contributed by atoms with E-state index in [2.05, 4.69) is 15.6 Å². The first-order chi connectivity index (χ1) is 12.5. The highest BCUT2D eigenvalue weighted by molar-refractivity contribution is 5.97. The molecule has 1 heterocycles. The molecule has 1 unspecified atom stereocenters. The molecule has 0 radical (unpaired) electrons. The summed E-state index contributed by atoms with van der Waals surface area (Å²) in [5, 5.41) is 20.1. The number of carbonyl (C=O) groups is 2. The van der Waals surface area contributed by atoms with Crippen molar-refractivity contribution in [1.82, 2.24) is 20.3 Å². The van der Waals surface area contributed by atoms with Gasteiger partial charge in [0.2, 0.25) is 0 Å². The number of carbonyl (C=O) groups excluding carboxylic acids is 1. The van der Waals surface area contributed by atoms with Crippen molar-refractivity contribution in [2.45, 2.75) is 57.4 Å². The van der Waals surface area contributed by atoms with Crippen LogP contribution >= 0.6 is 0 Å². The average Bonchev–Trinajstić information content (AvgIpc) is 3.01. The Hall–Kier alpha value is -2.44. The van der Waals surface area contributed by atoms with Crippen LogP contribution in [-0.4, -0.2) is 38.0 Å². The molecule has 1 atom stereocenters. The van der Waals surface area contributed by atoms with Crippen molar-refractivity contribution in [2.75, 3.05) is 0 Å². The number of nitrogens with zero attached hydrogens (tertiary/aromatic N) is 3. The van der Waals surface area contributed by atoms with Gasteiger partial charge in [-0.1, -0.05) is 37.3 Å². The second-order valence-electron chi connectivity index (χ2n) is 7.26. The van der Waals surface area contributed by atoms with E-state index in [9.17, 15) is 9.59 Å². The highest BCUT2D eigenvalue weighted by Crippen LogP contribution is 2.28. The number of aromatic nitrogens is 3. The first kappa shape index (κ1) is 18.4. The Morgan fingerprint density at radius 2 is 2.08 bits per heavy atom. The summed E-state index contributed by atoms with van der Waals surface area (Å²) < 4.78 is 1.66. The third-order valence-electron chi connectivity index (χ3n) is 5.26. The fraction of sp³-hybridized carbons (Fsp3) is 0.579. The Morgan fingerprint density at radius 1 is 1.31 bits per heavy atom. The fourth-order valence-electron chi connectivity index (χ4n) is 3.82. The van der Waals surface area contributed by atoms with Gasteiger partial charge in [0.15, 0.2) is 0 Å². The van der Waals surface area contributed by atoms with E-state index in [1.165, 1.54) is 32.1 Å². The maximum atomic E-state index is 12.7. The van der Waals surface area contributed by atoms with E-state index in [1.54, 1.807) is 23.9 Å². The van der Waals surface area contributed by atoms with Crippen LogP contribution in [0.2, 0.25) is 0 Å². The topological polar surface area (TPSA) is 97.1 Å². The molecule has 26 heavy (non-hydrogen) atoms. The van der Waals surface area contributed by atoms with E-state index < -0.39 is 5.97 Å². The quantitative estimate of drug-likeness (QED) is 0.793. The number of hydrogen-bond donors (Lipinski definition) is 2. The summed E-state index contributed by atoms with van der Waals surface area (Å²) in [5.41, 5.74) is 2.07. The molecule has 0 aliphatic heterocycles. The number of carboxylic acids is 1. The van der Waals surface area contributed by atoms with Gasteiger partial charge in [0.25, 0.3) is 5.91 Å². The standard InChI is InChI=1S/C19H26N4O3/c1-23-17-9-7-14(12-16(17)21-22-23)19(26)20-15(8-10-18(24)25)11-13-5-3-2-4-6-13/h7,9,12-13,15H,2-6,8,10-11H2,1H3,(H,20,26)(H,24,25). The van der Waals surface area contributed by atoms with Gasteiger partial charge in [-0.05, 0) is 37.0 Å². The lowest BCUT2D eigenvalue weighted by Crippen LogP contribution is -2.37. The zero-order valence-corrected chi connectivity index (χ0v) is 15.1. The minimum Gasteiger partial charge on any atom is -0.481 e. The molecule has 2 aromatic rings. The summed E-state index contributed by atoms with van der Waals surface area (Å²) in [4.78, 5) is 23.6. The molecule has 0 bridgehead atoms. The molecule has 3 rings (SSSR count). The highest BCUT2D eigenvalue weighted by atomic mass is 16.4. The van der Waals surface area contributed by atoms with Gasteiger partial charge in [0, 0.05) is 25.1 Å². The number of rotatable bonds is 7. The zero-order chi connectivity index (χ0) is 18.5. The molecule has 0 spiro atoms. The van der Waals surface area contributed by atoms with Gasteiger partial charge in [0.1, 0.15) is 5.52 Å². The Labute approximate surface area is 152 Å². The van der Waals surface area contributed by atoms with Gasteiger partial charge < -0.3 is 10.4 Å². The molecule has 1 aromatic carbocycles. The van der Waals surface area contributed by atoms with Crippen molar-refractivity contribution in [2.24, 2.45) is 13.0 Å². The lowest BCUT2D eigenvalue weighted by Gasteiger charge is -2.27. The van der Waals surface area contributed by atoms with E-state index in [1.807, 2.05) is 6.07 Å². The van der Waals surface area contributed by atoms with Crippen molar-refractivity contribution in [3.63, 3.8) is 0 Å². The highest BCUT2D eigenvalue weighted by Gasteiger charge is 2.22. The van der Waals surface area contributed by atoms with Crippen LogP contribution in [0.15, 0.2) is 18.2 Å². The van der Waals surface area contributed by atoms with Crippen LogP contribution < -0.4 is 5.32 Å². The van der Waals surface area contributed by atoms with Crippen molar-refractivity contribution >= 4 is 22.9 Å². The maximum Gasteiger partial charge on any atom is 0.303 e. The van der Waals surface area contributed by atoms with E-state index in [4.69, 9.17) is 5.11 Å². The molecule has 1 saturated carbocycles. The lowest BCUT2D eigenvalue weighted by atomic mass is 9.84. The van der Waals surface area contributed by atoms with Crippen molar-refractivity contribution in [1.29, 1.82) is 0 Å². The largest absolute Gasteiger partial charge is 0.481 e. The second-order valence-corrected chi connectivity index (χ2v) is 7.26. The Kier molecular flexibility index (Phi) is 5.85. The minimum atomic E-state index is -0.825. The Balaban J connectivity index is 1.68. The van der Waals surface area contributed by atoms with Crippen LogP contribution in [0.25, 0.3) is 11.0 Å². The molecular weight excluding hydrogens is 332 g/mol. The Morgan fingerprint density at radius 3 is 2.81 bits per heavy atom. The van der Waals surface area contributed by atoms with Gasteiger partial charge in [-0.15, -0.1) is 5.10 Å². The molecule has 1 aliphatic carbocycles. The SMILES string of the molecule is Cn1nnc2cc(C(=O)NC(CCC(=O)O)CC3CCCCC3)ccc21. The smallest absolute Gasteiger partial charge is 0.303 e. The molecule has 1 aromatic heterocycles. The second kappa shape index (κ2) is 8.29. The molecule has 140 valence electrons. The molecule has 1 aliphatic rings. The third-order valence-corrected chi connectivity index (χ3v) is 5.26.